The van der Waals surface area contributed by atoms with Gasteiger partial charge in [0.15, 0.2) is 5.78 Å². The summed E-state index contributed by atoms with van der Waals surface area (Å²) in [6.45, 7) is 3.34. The Labute approximate surface area is 110 Å². The van der Waals surface area contributed by atoms with Gasteiger partial charge in [0.2, 0.25) is 0 Å². The molecule has 2 rings (SSSR count). The van der Waals surface area contributed by atoms with E-state index in [-0.39, 0.29) is 23.7 Å². The van der Waals surface area contributed by atoms with Crippen LogP contribution in [0, 0.1) is 19.7 Å². The van der Waals surface area contributed by atoms with Gasteiger partial charge in [-0.25, -0.2) is 4.39 Å². The van der Waals surface area contributed by atoms with Gasteiger partial charge in [0.05, 0.1) is 6.54 Å². The number of Topliss-reactive ketones (excluding diaryl/α,β-unsaturated/α-hetero) is 1. The van der Waals surface area contributed by atoms with Gasteiger partial charge in [-0.2, -0.15) is 0 Å². The molecule has 1 heterocycles. The van der Waals surface area contributed by atoms with Crippen molar-refractivity contribution in [3.63, 3.8) is 0 Å². The van der Waals surface area contributed by atoms with E-state index in [0.717, 1.165) is 5.69 Å². The fourth-order valence-electron chi connectivity index (χ4n) is 1.88. The van der Waals surface area contributed by atoms with Gasteiger partial charge < -0.3 is 4.57 Å². The zero-order valence-corrected chi connectivity index (χ0v) is 10.8. The Morgan fingerprint density at radius 3 is 2.58 bits per heavy atom. The summed E-state index contributed by atoms with van der Waals surface area (Å²) in [5, 5.41) is 0. The Hall–Kier alpha value is -2.23. The lowest BCUT2D eigenvalue weighted by Gasteiger charge is -2.09. The molecule has 0 fully saturated rings. The maximum atomic E-state index is 13.2. The third kappa shape index (κ3) is 2.78. The molecule has 0 saturated heterocycles. The van der Waals surface area contributed by atoms with Gasteiger partial charge in [-0.15, -0.1) is 0 Å². The van der Waals surface area contributed by atoms with Crippen LogP contribution in [0.4, 0.5) is 4.39 Å². The molecule has 0 atom stereocenters. The van der Waals surface area contributed by atoms with Gasteiger partial charge in [0.1, 0.15) is 5.82 Å². The largest absolute Gasteiger partial charge is 0.305 e. The minimum Gasteiger partial charge on any atom is -0.305 e. The van der Waals surface area contributed by atoms with E-state index < -0.39 is 0 Å². The van der Waals surface area contributed by atoms with E-state index in [1.807, 2.05) is 0 Å². The predicted octanol–water partition coefficient (Wildman–Crippen LogP) is 2.49. The van der Waals surface area contributed by atoms with Crippen LogP contribution in [-0.4, -0.2) is 10.4 Å². The maximum Gasteiger partial charge on any atom is 0.251 e. The minimum atomic E-state index is -0.343. The molecule has 0 amide bonds. The van der Waals surface area contributed by atoms with Crippen molar-refractivity contribution in [1.82, 2.24) is 4.57 Å². The number of pyridine rings is 1. The van der Waals surface area contributed by atoms with Crippen molar-refractivity contribution >= 4 is 5.78 Å². The van der Waals surface area contributed by atoms with Crippen molar-refractivity contribution in [2.45, 2.75) is 20.4 Å². The normalized spacial score (nSPS) is 10.5. The Balaban J connectivity index is 2.31. The number of carbonyl (C=O) groups excluding carboxylic acids is 1. The van der Waals surface area contributed by atoms with Crippen molar-refractivity contribution in [1.29, 1.82) is 0 Å². The van der Waals surface area contributed by atoms with Crippen LogP contribution in [0.2, 0.25) is 0 Å². The monoisotopic (exact) mass is 259 g/mol. The zero-order valence-electron chi connectivity index (χ0n) is 10.8. The molecule has 0 saturated carbocycles. The highest BCUT2D eigenvalue weighted by molar-refractivity contribution is 5.96. The molecule has 0 radical (unpaired) electrons. The number of nitrogens with zero attached hydrogens (tertiary/aromatic N) is 1. The third-order valence-corrected chi connectivity index (χ3v) is 3.05. The van der Waals surface area contributed by atoms with E-state index in [1.165, 1.54) is 28.8 Å². The zero-order chi connectivity index (χ0) is 14.0. The number of carbonyl (C=O) groups is 1. The van der Waals surface area contributed by atoms with E-state index >= 15 is 0 Å². The first-order valence-corrected chi connectivity index (χ1v) is 5.95. The van der Waals surface area contributed by atoms with Crippen LogP contribution < -0.4 is 5.56 Å². The van der Waals surface area contributed by atoms with Crippen molar-refractivity contribution in [2.24, 2.45) is 0 Å². The van der Waals surface area contributed by atoms with E-state index in [9.17, 15) is 14.0 Å². The lowest BCUT2D eigenvalue weighted by Crippen LogP contribution is -2.25. The standard InChI is InChI=1S/C15H14FNO2/c1-10-8-12(6-7-13(10)16)14(18)9-17-11(2)4-3-5-15(17)19/h3-8H,9H2,1-2H3. The van der Waals surface area contributed by atoms with E-state index in [4.69, 9.17) is 0 Å². The lowest BCUT2D eigenvalue weighted by molar-refractivity contribution is 0.0970. The molecule has 0 aliphatic heterocycles. The van der Waals surface area contributed by atoms with Crippen LogP contribution in [-0.2, 0) is 6.54 Å². The third-order valence-electron chi connectivity index (χ3n) is 3.05. The molecular weight excluding hydrogens is 245 g/mol. The lowest BCUT2D eigenvalue weighted by atomic mass is 10.1. The number of benzene rings is 1. The van der Waals surface area contributed by atoms with Gasteiger partial charge in [-0.05, 0) is 43.7 Å². The number of halogens is 1. The molecule has 1 aromatic heterocycles. The van der Waals surface area contributed by atoms with Gasteiger partial charge in [-0.1, -0.05) is 6.07 Å². The van der Waals surface area contributed by atoms with Crippen LogP contribution in [0.5, 0.6) is 0 Å². The average molecular weight is 259 g/mol. The maximum absolute atomic E-state index is 13.2. The Morgan fingerprint density at radius 2 is 1.95 bits per heavy atom. The first-order valence-electron chi connectivity index (χ1n) is 5.95. The summed E-state index contributed by atoms with van der Waals surface area (Å²) >= 11 is 0. The Morgan fingerprint density at radius 1 is 1.21 bits per heavy atom. The smallest absolute Gasteiger partial charge is 0.251 e. The number of ketones is 1. The molecule has 0 bridgehead atoms. The molecule has 4 heteroatoms. The second-order valence-electron chi connectivity index (χ2n) is 4.48. The van der Waals surface area contributed by atoms with Gasteiger partial charge in [0, 0.05) is 17.3 Å². The molecular formula is C15H14FNO2. The fraction of sp³-hybridized carbons (Fsp3) is 0.200. The molecule has 1 aromatic carbocycles. The van der Waals surface area contributed by atoms with E-state index in [0.29, 0.717) is 11.1 Å². The number of hydrogen-bond donors (Lipinski definition) is 0. The van der Waals surface area contributed by atoms with Crippen LogP contribution in [0.15, 0.2) is 41.2 Å². The molecule has 0 aliphatic carbocycles. The van der Waals surface area contributed by atoms with Crippen molar-refractivity contribution < 1.29 is 9.18 Å². The second kappa shape index (κ2) is 5.18. The molecule has 0 N–H and O–H groups in total. The van der Waals surface area contributed by atoms with Crippen LogP contribution in [0.25, 0.3) is 0 Å². The Kier molecular flexibility index (Phi) is 3.60. The molecule has 2 aromatic rings. The molecule has 19 heavy (non-hydrogen) atoms. The quantitative estimate of drug-likeness (QED) is 0.794. The highest BCUT2D eigenvalue weighted by Crippen LogP contribution is 2.10. The second-order valence-corrected chi connectivity index (χ2v) is 4.48. The minimum absolute atomic E-state index is 0.0312. The summed E-state index contributed by atoms with van der Waals surface area (Å²) in [6, 6.07) is 9.04. The summed E-state index contributed by atoms with van der Waals surface area (Å²) in [7, 11) is 0. The van der Waals surface area contributed by atoms with Crippen LogP contribution in [0.1, 0.15) is 21.6 Å². The van der Waals surface area contributed by atoms with Crippen molar-refractivity contribution in [3.05, 3.63) is 69.4 Å². The number of hydrogen-bond acceptors (Lipinski definition) is 2. The van der Waals surface area contributed by atoms with E-state index in [2.05, 4.69) is 0 Å². The molecule has 0 unspecified atom stereocenters. The number of aromatic nitrogens is 1. The molecule has 0 spiro atoms. The molecule has 98 valence electrons. The highest BCUT2D eigenvalue weighted by atomic mass is 19.1. The molecule has 0 aliphatic rings. The van der Waals surface area contributed by atoms with Crippen LogP contribution >= 0.6 is 0 Å². The topological polar surface area (TPSA) is 39.1 Å². The average Bonchev–Trinajstić information content (AvgIpc) is 2.37. The van der Waals surface area contributed by atoms with E-state index in [1.54, 1.807) is 26.0 Å². The van der Waals surface area contributed by atoms with Gasteiger partial charge in [0.25, 0.3) is 5.56 Å². The first-order chi connectivity index (χ1) is 8.99. The summed E-state index contributed by atoms with van der Waals surface area (Å²) in [6.07, 6.45) is 0. The van der Waals surface area contributed by atoms with Crippen molar-refractivity contribution in [2.75, 3.05) is 0 Å². The van der Waals surface area contributed by atoms with Crippen molar-refractivity contribution in [3.8, 4) is 0 Å². The number of rotatable bonds is 3. The number of aryl methyl sites for hydroxylation is 2. The van der Waals surface area contributed by atoms with Crippen LogP contribution in [0.3, 0.4) is 0 Å². The summed E-state index contributed by atoms with van der Waals surface area (Å²) in [5.74, 6) is -0.552. The van der Waals surface area contributed by atoms with Gasteiger partial charge in [-0.3, -0.25) is 9.59 Å². The molecule has 3 nitrogen and oxygen atoms in total. The summed E-state index contributed by atoms with van der Waals surface area (Å²) in [4.78, 5) is 23.8. The van der Waals surface area contributed by atoms with Gasteiger partial charge >= 0.3 is 0 Å². The SMILES string of the molecule is Cc1cc(C(=O)Cn2c(C)cccc2=O)ccc1F. The first kappa shape index (κ1) is 13.2. The highest BCUT2D eigenvalue weighted by Gasteiger charge is 2.10. The summed E-state index contributed by atoms with van der Waals surface area (Å²) < 4.78 is 14.6. The Bertz CT molecular complexity index is 689. The predicted molar refractivity (Wildman–Crippen MR) is 70.9 cm³/mol. The summed E-state index contributed by atoms with van der Waals surface area (Å²) in [5.41, 5.74) is 1.34. The fourth-order valence-corrected chi connectivity index (χ4v) is 1.88.